The van der Waals surface area contributed by atoms with Gasteiger partial charge >= 0.3 is 0 Å². The number of anilines is 1. The van der Waals surface area contributed by atoms with Crippen molar-refractivity contribution in [2.75, 3.05) is 18.4 Å². The molecule has 20 heavy (non-hydrogen) atoms. The van der Waals surface area contributed by atoms with Gasteiger partial charge in [-0.15, -0.1) is 12.4 Å². The summed E-state index contributed by atoms with van der Waals surface area (Å²) in [5.74, 6) is 0.677. The molecule has 0 spiro atoms. The van der Waals surface area contributed by atoms with Crippen LogP contribution in [0.2, 0.25) is 10.0 Å². The fourth-order valence-electron chi connectivity index (χ4n) is 2.25. The molecule has 7 heteroatoms. The minimum Gasteiger partial charge on any atom is -0.449 e. The molecule has 0 unspecified atom stereocenters. The molecule has 1 aromatic carbocycles. The Labute approximate surface area is 132 Å². The van der Waals surface area contributed by atoms with E-state index in [-0.39, 0.29) is 18.3 Å². The van der Waals surface area contributed by atoms with Gasteiger partial charge in [-0.1, -0.05) is 23.2 Å². The van der Waals surface area contributed by atoms with Crippen molar-refractivity contribution < 1.29 is 9.53 Å². The third kappa shape index (κ3) is 2.74. The van der Waals surface area contributed by atoms with Crippen molar-refractivity contribution in [1.29, 1.82) is 0 Å². The number of ether oxygens (including phenoxy) is 1. The molecule has 0 bridgehead atoms. The molecule has 0 aliphatic carbocycles. The Hall–Kier alpha value is -0.940. The largest absolute Gasteiger partial charge is 0.449 e. The van der Waals surface area contributed by atoms with Crippen molar-refractivity contribution in [1.82, 2.24) is 5.32 Å². The first-order valence-electron chi connectivity index (χ1n) is 6.07. The Morgan fingerprint density at radius 2 is 1.85 bits per heavy atom. The van der Waals surface area contributed by atoms with Crippen LogP contribution in [-0.4, -0.2) is 19.0 Å². The first kappa shape index (κ1) is 15.4. The second-order valence-corrected chi connectivity index (χ2v) is 5.26. The van der Waals surface area contributed by atoms with Gasteiger partial charge in [0.2, 0.25) is 0 Å². The van der Waals surface area contributed by atoms with Crippen LogP contribution in [0.4, 0.5) is 5.69 Å². The van der Waals surface area contributed by atoms with Crippen LogP contribution < -0.4 is 15.4 Å². The molecule has 108 valence electrons. The molecule has 4 nitrogen and oxygen atoms in total. The van der Waals surface area contributed by atoms with Crippen LogP contribution in [0.5, 0.6) is 5.75 Å². The van der Waals surface area contributed by atoms with Crippen LogP contribution in [0.15, 0.2) is 23.5 Å². The maximum absolute atomic E-state index is 12.1. The van der Waals surface area contributed by atoms with Gasteiger partial charge in [0.1, 0.15) is 5.69 Å². The molecule has 1 fully saturated rings. The molecule has 2 N–H and O–H groups in total. The second-order valence-electron chi connectivity index (χ2n) is 4.47. The molecular weight excluding hydrogens is 323 g/mol. The highest BCUT2D eigenvalue weighted by atomic mass is 35.5. The second kappa shape index (κ2) is 6.22. The van der Waals surface area contributed by atoms with E-state index in [9.17, 15) is 4.79 Å². The fourth-order valence-corrected chi connectivity index (χ4v) is 2.61. The lowest BCUT2D eigenvalue weighted by Gasteiger charge is -2.25. The van der Waals surface area contributed by atoms with Gasteiger partial charge in [0, 0.05) is 0 Å². The van der Waals surface area contributed by atoms with E-state index in [1.165, 1.54) is 0 Å². The summed E-state index contributed by atoms with van der Waals surface area (Å²) in [6.07, 6.45) is 1.64. The minimum absolute atomic E-state index is 0. The van der Waals surface area contributed by atoms with Crippen molar-refractivity contribution in [2.24, 2.45) is 0 Å². The van der Waals surface area contributed by atoms with Gasteiger partial charge in [-0.25, -0.2) is 0 Å². The summed E-state index contributed by atoms with van der Waals surface area (Å²) in [5, 5.41) is 6.70. The van der Waals surface area contributed by atoms with Gasteiger partial charge in [-0.3, -0.25) is 4.79 Å². The Kier molecular flexibility index (Phi) is 4.81. The first-order valence-corrected chi connectivity index (χ1v) is 6.82. The van der Waals surface area contributed by atoms with Gasteiger partial charge < -0.3 is 15.4 Å². The molecule has 1 aromatic rings. The highest BCUT2D eigenvalue weighted by Crippen LogP contribution is 2.41. The zero-order valence-electron chi connectivity index (χ0n) is 10.5. The number of carbonyl (C=O) groups is 1. The molecular formula is C13H13Cl3N2O2. The zero-order chi connectivity index (χ0) is 13.4. The van der Waals surface area contributed by atoms with Crippen LogP contribution in [0.3, 0.4) is 0 Å². The average Bonchev–Trinajstić information content (AvgIpc) is 2.44. The third-order valence-electron chi connectivity index (χ3n) is 3.24. The van der Waals surface area contributed by atoms with Crippen molar-refractivity contribution in [3.63, 3.8) is 0 Å². The van der Waals surface area contributed by atoms with Crippen molar-refractivity contribution in [2.45, 2.75) is 12.8 Å². The number of amides is 1. The molecule has 2 aliphatic rings. The SMILES string of the molecule is Cl.O=C1Nc2c(ccc(Cl)c2Cl)OC1=C1CCNCC1. The summed E-state index contributed by atoms with van der Waals surface area (Å²) in [6, 6.07) is 3.37. The zero-order valence-corrected chi connectivity index (χ0v) is 12.8. The normalized spacial score (nSPS) is 17.8. The van der Waals surface area contributed by atoms with Crippen LogP contribution in [0, 0.1) is 0 Å². The number of nitrogens with one attached hydrogen (secondary N) is 2. The number of halogens is 3. The standard InChI is InChI=1S/C13H12Cl2N2O2.ClH/c14-8-1-2-9-11(10(8)15)17-13(18)12(19-9)7-3-5-16-6-4-7;/h1-2,16H,3-6H2,(H,17,18);1H. The van der Waals surface area contributed by atoms with E-state index in [4.69, 9.17) is 27.9 Å². The smallest absolute Gasteiger partial charge is 0.291 e. The van der Waals surface area contributed by atoms with Crippen molar-refractivity contribution in [3.05, 3.63) is 33.5 Å². The molecule has 1 amide bonds. The predicted molar refractivity (Wildman–Crippen MR) is 82.1 cm³/mol. The van der Waals surface area contributed by atoms with E-state index in [2.05, 4.69) is 10.6 Å². The van der Waals surface area contributed by atoms with Crippen LogP contribution in [0.1, 0.15) is 12.8 Å². The molecule has 2 aliphatic heterocycles. The maximum atomic E-state index is 12.1. The van der Waals surface area contributed by atoms with Crippen LogP contribution in [-0.2, 0) is 4.79 Å². The highest BCUT2D eigenvalue weighted by Gasteiger charge is 2.28. The summed E-state index contributed by atoms with van der Waals surface area (Å²) in [5.41, 5.74) is 1.48. The molecule has 0 aromatic heterocycles. The Balaban J connectivity index is 0.00000147. The summed E-state index contributed by atoms with van der Waals surface area (Å²) < 4.78 is 5.72. The predicted octanol–water partition coefficient (Wildman–Crippen LogP) is 3.38. The molecule has 0 radical (unpaired) electrons. The van der Waals surface area contributed by atoms with Crippen LogP contribution in [0.25, 0.3) is 0 Å². The average molecular weight is 336 g/mol. The maximum Gasteiger partial charge on any atom is 0.291 e. The summed E-state index contributed by atoms with van der Waals surface area (Å²) in [6.45, 7) is 1.73. The lowest BCUT2D eigenvalue weighted by Crippen LogP contribution is -2.30. The third-order valence-corrected chi connectivity index (χ3v) is 4.05. The van der Waals surface area contributed by atoms with Gasteiger partial charge in [-0.2, -0.15) is 0 Å². The molecule has 0 atom stereocenters. The molecule has 1 saturated heterocycles. The lowest BCUT2D eigenvalue weighted by molar-refractivity contribution is -0.115. The Morgan fingerprint density at radius 1 is 1.15 bits per heavy atom. The number of carbonyl (C=O) groups excluding carboxylic acids is 1. The number of hydrogen-bond donors (Lipinski definition) is 2. The highest BCUT2D eigenvalue weighted by molar-refractivity contribution is 6.44. The summed E-state index contributed by atoms with van der Waals surface area (Å²) >= 11 is 12.0. The fraction of sp³-hybridized carbons (Fsp3) is 0.308. The first-order chi connectivity index (χ1) is 9.16. The number of piperidine rings is 1. The van der Waals surface area contributed by atoms with E-state index in [0.29, 0.717) is 27.2 Å². The topological polar surface area (TPSA) is 50.4 Å². The van der Waals surface area contributed by atoms with Gasteiger partial charge in [0.05, 0.1) is 10.0 Å². The number of benzene rings is 1. The van der Waals surface area contributed by atoms with E-state index >= 15 is 0 Å². The lowest BCUT2D eigenvalue weighted by atomic mass is 10.0. The quantitative estimate of drug-likeness (QED) is 0.715. The summed E-state index contributed by atoms with van der Waals surface area (Å²) in [4.78, 5) is 12.1. The number of rotatable bonds is 0. The minimum atomic E-state index is -0.256. The molecule has 0 saturated carbocycles. The van der Waals surface area contributed by atoms with E-state index in [0.717, 1.165) is 31.5 Å². The molecule has 3 rings (SSSR count). The monoisotopic (exact) mass is 334 g/mol. The molecule has 2 heterocycles. The van der Waals surface area contributed by atoms with Crippen molar-refractivity contribution >= 4 is 47.2 Å². The number of hydrogen-bond acceptors (Lipinski definition) is 3. The number of fused-ring (bicyclic) bond motifs is 1. The van der Waals surface area contributed by atoms with E-state index < -0.39 is 0 Å². The Morgan fingerprint density at radius 3 is 2.55 bits per heavy atom. The van der Waals surface area contributed by atoms with Gasteiger partial charge in [0.15, 0.2) is 11.5 Å². The summed E-state index contributed by atoms with van der Waals surface area (Å²) in [7, 11) is 0. The van der Waals surface area contributed by atoms with Gasteiger partial charge in [-0.05, 0) is 43.6 Å². The van der Waals surface area contributed by atoms with E-state index in [1.807, 2.05) is 0 Å². The van der Waals surface area contributed by atoms with Crippen LogP contribution >= 0.6 is 35.6 Å². The van der Waals surface area contributed by atoms with E-state index in [1.54, 1.807) is 12.1 Å². The van der Waals surface area contributed by atoms with Gasteiger partial charge in [0.25, 0.3) is 5.91 Å². The Bertz CT molecular complexity index is 579. The van der Waals surface area contributed by atoms with Crippen molar-refractivity contribution in [3.8, 4) is 5.75 Å².